The molecule has 156 valence electrons. The highest BCUT2D eigenvalue weighted by atomic mass is 19.4. The Kier molecular flexibility index (Phi) is 6.72. The summed E-state index contributed by atoms with van der Waals surface area (Å²) in [5.41, 5.74) is 1.82. The van der Waals surface area contributed by atoms with Gasteiger partial charge in [-0.05, 0) is 49.2 Å². The molecule has 0 fully saturated rings. The molecule has 2 aromatic carbocycles. The van der Waals surface area contributed by atoms with Gasteiger partial charge in [-0.1, -0.05) is 36.4 Å². The third-order valence-corrected chi connectivity index (χ3v) is 4.39. The third-order valence-electron chi connectivity index (χ3n) is 4.39. The minimum Gasteiger partial charge on any atom is -0.462 e. The van der Waals surface area contributed by atoms with Gasteiger partial charge < -0.3 is 10.1 Å². The van der Waals surface area contributed by atoms with Crippen molar-refractivity contribution in [2.75, 3.05) is 18.5 Å². The van der Waals surface area contributed by atoms with E-state index >= 15 is 0 Å². The van der Waals surface area contributed by atoms with Gasteiger partial charge in [0.15, 0.2) is 0 Å². The molecular formula is C23H21F3N2O2. The summed E-state index contributed by atoms with van der Waals surface area (Å²) >= 11 is 0. The van der Waals surface area contributed by atoms with Gasteiger partial charge in [-0.15, -0.1) is 0 Å². The molecule has 0 radical (unpaired) electrons. The van der Waals surface area contributed by atoms with Gasteiger partial charge in [0.05, 0.1) is 23.4 Å². The van der Waals surface area contributed by atoms with Crippen LogP contribution >= 0.6 is 0 Å². The lowest BCUT2D eigenvalue weighted by Crippen LogP contribution is -2.09. The number of hydrogen-bond acceptors (Lipinski definition) is 4. The molecule has 1 heterocycles. The van der Waals surface area contributed by atoms with Gasteiger partial charge in [0.25, 0.3) is 0 Å². The Morgan fingerprint density at radius 2 is 1.80 bits per heavy atom. The first-order chi connectivity index (χ1) is 14.4. The molecular weight excluding hydrogens is 393 g/mol. The monoisotopic (exact) mass is 414 g/mol. The Morgan fingerprint density at radius 1 is 1.03 bits per heavy atom. The van der Waals surface area contributed by atoms with Crippen molar-refractivity contribution in [3.63, 3.8) is 0 Å². The summed E-state index contributed by atoms with van der Waals surface area (Å²) in [5.74, 6) is 0.204. The average Bonchev–Trinajstić information content (AvgIpc) is 2.74. The van der Waals surface area contributed by atoms with Crippen molar-refractivity contribution >= 4 is 11.8 Å². The maximum atomic E-state index is 12.8. The third kappa shape index (κ3) is 5.59. The standard InChI is InChI=1S/C23H21F3N2O2/c1-2-30-22(29)18-8-4-7-17(15-18)20-10-5-11-21(28-20)27-13-12-16-6-3-9-19(14-16)23(24,25)26/h3-11,14-15H,2,12-13H2,1H3,(H,27,28). The van der Waals surface area contributed by atoms with E-state index in [1.807, 2.05) is 18.2 Å². The van der Waals surface area contributed by atoms with E-state index in [-0.39, 0.29) is 0 Å². The quantitative estimate of drug-likeness (QED) is 0.512. The number of benzene rings is 2. The second-order valence-electron chi connectivity index (χ2n) is 6.58. The first-order valence-electron chi connectivity index (χ1n) is 9.51. The van der Waals surface area contributed by atoms with Gasteiger partial charge in [0.2, 0.25) is 0 Å². The van der Waals surface area contributed by atoms with Crippen LogP contribution in [-0.2, 0) is 17.3 Å². The molecule has 0 saturated carbocycles. The van der Waals surface area contributed by atoms with Crippen molar-refractivity contribution in [2.45, 2.75) is 19.5 Å². The molecule has 0 unspecified atom stereocenters. The van der Waals surface area contributed by atoms with Gasteiger partial charge in [-0.3, -0.25) is 0 Å². The molecule has 0 bridgehead atoms. The highest BCUT2D eigenvalue weighted by molar-refractivity contribution is 5.90. The molecule has 0 amide bonds. The second kappa shape index (κ2) is 9.43. The number of carbonyl (C=O) groups is 1. The Labute approximate surface area is 172 Å². The number of carbonyl (C=O) groups excluding carboxylic acids is 1. The van der Waals surface area contributed by atoms with Crippen LogP contribution in [0.2, 0.25) is 0 Å². The Bertz CT molecular complexity index is 1020. The number of ether oxygens (including phenoxy) is 1. The largest absolute Gasteiger partial charge is 0.462 e. The van der Waals surface area contributed by atoms with Crippen LogP contribution in [0, 0.1) is 0 Å². The van der Waals surface area contributed by atoms with Gasteiger partial charge in [0, 0.05) is 12.1 Å². The fourth-order valence-electron chi connectivity index (χ4n) is 2.95. The first-order valence-corrected chi connectivity index (χ1v) is 9.51. The van der Waals surface area contributed by atoms with E-state index < -0.39 is 17.7 Å². The van der Waals surface area contributed by atoms with Crippen molar-refractivity contribution in [3.8, 4) is 11.3 Å². The number of pyridine rings is 1. The van der Waals surface area contributed by atoms with E-state index in [4.69, 9.17) is 4.74 Å². The van der Waals surface area contributed by atoms with E-state index in [1.54, 1.807) is 37.3 Å². The fourth-order valence-corrected chi connectivity index (χ4v) is 2.95. The van der Waals surface area contributed by atoms with Crippen molar-refractivity contribution in [1.82, 2.24) is 4.98 Å². The lowest BCUT2D eigenvalue weighted by atomic mass is 10.1. The van der Waals surface area contributed by atoms with Crippen LogP contribution < -0.4 is 5.32 Å². The van der Waals surface area contributed by atoms with E-state index in [0.717, 1.165) is 17.7 Å². The van der Waals surface area contributed by atoms with Crippen LogP contribution in [0.1, 0.15) is 28.4 Å². The van der Waals surface area contributed by atoms with Gasteiger partial charge >= 0.3 is 12.1 Å². The zero-order chi connectivity index (χ0) is 21.6. The summed E-state index contributed by atoms with van der Waals surface area (Å²) in [7, 11) is 0. The van der Waals surface area contributed by atoms with Crippen LogP contribution in [0.25, 0.3) is 11.3 Å². The molecule has 0 spiro atoms. The molecule has 0 aliphatic rings. The number of alkyl halides is 3. The number of aromatic nitrogens is 1. The number of esters is 1. The Balaban J connectivity index is 1.67. The van der Waals surface area contributed by atoms with Gasteiger partial charge in [-0.2, -0.15) is 13.2 Å². The summed E-state index contributed by atoms with van der Waals surface area (Å²) in [6, 6.07) is 17.7. The van der Waals surface area contributed by atoms with E-state index in [1.165, 1.54) is 6.07 Å². The molecule has 7 heteroatoms. The summed E-state index contributed by atoms with van der Waals surface area (Å²) in [5, 5.41) is 3.14. The smallest absolute Gasteiger partial charge is 0.416 e. The van der Waals surface area contributed by atoms with E-state index in [2.05, 4.69) is 10.3 Å². The summed E-state index contributed by atoms with van der Waals surface area (Å²) in [6.07, 6.45) is -3.93. The average molecular weight is 414 g/mol. The Morgan fingerprint density at radius 3 is 2.57 bits per heavy atom. The molecule has 1 N–H and O–H groups in total. The number of nitrogens with zero attached hydrogens (tertiary/aromatic N) is 1. The van der Waals surface area contributed by atoms with Crippen molar-refractivity contribution < 1.29 is 22.7 Å². The lowest BCUT2D eigenvalue weighted by molar-refractivity contribution is -0.137. The van der Waals surface area contributed by atoms with Crippen LogP contribution in [0.3, 0.4) is 0 Å². The number of hydrogen-bond donors (Lipinski definition) is 1. The SMILES string of the molecule is CCOC(=O)c1cccc(-c2cccc(NCCc3cccc(C(F)(F)F)c3)n2)c1. The predicted molar refractivity (Wildman–Crippen MR) is 109 cm³/mol. The van der Waals surface area contributed by atoms with Crippen molar-refractivity contribution in [2.24, 2.45) is 0 Å². The molecule has 3 rings (SSSR count). The molecule has 30 heavy (non-hydrogen) atoms. The maximum Gasteiger partial charge on any atom is 0.416 e. The summed E-state index contributed by atoms with van der Waals surface area (Å²) < 4.78 is 43.5. The minimum atomic E-state index is -4.35. The van der Waals surface area contributed by atoms with Crippen LogP contribution in [0.15, 0.2) is 66.7 Å². The van der Waals surface area contributed by atoms with Crippen molar-refractivity contribution in [3.05, 3.63) is 83.4 Å². The fraction of sp³-hybridized carbons (Fsp3) is 0.217. The normalized spacial score (nSPS) is 11.2. The molecule has 0 aliphatic heterocycles. The highest BCUT2D eigenvalue weighted by Crippen LogP contribution is 2.29. The minimum absolute atomic E-state index is 0.298. The number of nitrogens with one attached hydrogen (secondary N) is 1. The van der Waals surface area contributed by atoms with Crippen LogP contribution in [0.5, 0.6) is 0 Å². The topological polar surface area (TPSA) is 51.2 Å². The molecule has 4 nitrogen and oxygen atoms in total. The number of halogens is 3. The molecule has 0 saturated heterocycles. The Hall–Kier alpha value is -3.35. The number of rotatable bonds is 7. The molecule has 3 aromatic rings. The second-order valence-corrected chi connectivity index (χ2v) is 6.58. The number of anilines is 1. The van der Waals surface area contributed by atoms with Gasteiger partial charge in [-0.25, -0.2) is 9.78 Å². The maximum absolute atomic E-state index is 12.8. The summed E-state index contributed by atoms with van der Waals surface area (Å²) in [6.45, 7) is 2.48. The predicted octanol–water partition coefficient (Wildman–Crippen LogP) is 5.60. The molecule has 0 aliphatic carbocycles. The van der Waals surface area contributed by atoms with Crippen LogP contribution in [0.4, 0.5) is 19.0 Å². The van der Waals surface area contributed by atoms with Crippen LogP contribution in [-0.4, -0.2) is 24.1 Å². The zero-order valence-corrected chi connectivity index (χ0v) is 16.4. The highest BCUT2D eigenvalue weighted by Gasteiger charge is 2.30. The lowest BCUT2D eigenvalue weighted by Gasteiger charge is -2.10. The van der Waals surface area contributed by atoms with Gasteiger partial charge in [0.1, 0.15) is 5.82 Å². The van der Waals surface area contributed by atoms with E-state index in [9.17, 15) is 18.0 Å². The van der Waals surface area contributed by atoms with E-state index in [0.29, 0.717) is 42.2 Å². The molecule has 0 atom stereocenters. The first kappa shape index (κ1) is 21.4. The van der Waals surface area contributed by atoms with Crippen molar-refractivity contribution in [1.29, 1.82) is 0 Å². The zero-order valence-electron chi connectivity index (χ0n) is 16.4. The summed E-state index contributed by atoms with van der Waals surface area (Å²) in [4.78, 5) is 16.5. The molecule has 1 aromatic heterocycles.